The number of hydrogen-bond acceptors (Lipinski definition) is 6. The second-order valence-corrected chi connectivity index (χ2v) is 6.85. The van der Waals surface area contributed by atoms with Crippen LogP contribution in [0.15, 0.2) is 24.5 Å². The Morgan fingerprint density at radius 1 is 1.25 bits per heavy atom. The van der Waals surface area contributed by atoms with Gasteiger partial charge in [0.1, 0.15) is 17.0 Å². The van der Waals surface area contributed by atoms with Crippen LogP contribution in [0.4, 0.5) is 13.2 Å². The first-order valence-corrected chi connectivity index (χ1v) is 8.76. The number of rotatable bonds is 2. The van der Waals surface area contributed by atoms with Crippen LogP contribution in [-0.4, -0.2) is 49.2 Å². The SMILES string of the molecule is Cc1c(-c2ccc(C(F)(F)F)cc2O)nnc2c1ncn2[C@H]1CNCC[C@H]1O. The highest BCUT2D eigenvalue weighted by molar-refractivity contribution is 5.83. The minimum Gasteiger partial charge on any atom is -0.507 e. The molecule has 0 unspecified atom stereocenters. The van der Waals surface area contributed by atoms with E-state index in [0.717, 1.165) is 12.6 Å². The number of phenolic OH excluding ortho intramolecular Hbond substituents is 1. The number of aryl methyl sites for hydroxylation is 1. The molecule has 2 aromatic heterocycles. The molecular weight excluding hydrogens is 375 g/mol. The number of phenols is 1. The Morgan fingerprint density at radius 2 is 2.04 bits per heavy atom. The Hall–Kier alpha value is -2.72. The van der Waals surface area contributed by atoms with Crippen LogP contribution in [0, 0.1) is 6.92 Å². The number of benzene rings is 1. The first-order valence-electron chi connectivity index (χ1n) is 8.76. The quantitative estimate of drug-likeness (QED) is 0.619. The van der Waals surface area contributed by atoms with Crippen LogP contribution in [0.3, 0.4) is 0 Å². The Labute approximate surface area is 157 Å². The van der Waals surface area contributed by atoms with Gasteiger partial charge in [-0.25, -0.2) is 4.98 Å². The molecule has 1 aromatic carbocycles. The predicted octanol–water partition coefficient (Wildman–Crippen LogP) is 2.42. The maximum Gasteiger partial charge on any atom is 0.416 e. The van der Waals surface area contributed by atoms with Gasteiger partial charge in [0.05, 0.1) is 24.0 Å². The van der Waals surface area contributed by atoms with Crippen molar-refractivity contribution in [1.82, 2.24) is 25.1 Å². The number of hydrogen-bond donors (Lipinski definition) is 3. The summed E-state index contributed by atoms with van der Waals surface area (Å²) in [6.45, 7) is 3.01. The van der Waals surface area contributed by atoms with Gasteiger partial charge in [-0.05, 0) is 38.1 Å². The van der Waals surface area contributed by atoms with Crippen molar-refractivity contribution in [2.24, 2.45) is 0 Å². The van der Waals surface area contributed by atoms with Crippen molar-refractivity contribution in [1.29, 1.82) is 0 Å². The number of nitrogens with zero attached hydrogens (tertiary/aromatic N) is 4. The molecule has 0 amide bonds. The fourth-order valence-corrected chi connectivity index (χ4v) is 3.52. The van der Waals surface area contributed by atoms with Gasteiger partial charge >= 0.3 is 6.18 Å². The molecule has 1 fully saturated rings. The topological polar surface area (TPSA) is 96.1 Å². The predicted molar refractivity (Wildman–Crippen MR) is 94.7 cm³/mol. The van der Waals surface area contributed by atoms with E-state index in [1.807, 2.05) is 0 Å². The Balaban J connectivity index is 1.77. The number of aliphatic hydroxyl groups excluding tert-OH is 1. The number of halogens is 3. The lowest BCUT2D eigenvalue weighted by molar-refractivity contribution is -0.137. The summed E-state index contributed by atoms with van der Waals surface area (Å²) in [6, 6.07) is 2.50. The average molecular weight is 393 g/mol. The summed E-state index contributed by atoms with van der Waals surface area (Å²) in [7, 11) is 0. The largest absolute Gasteiger partial charge is 0.507 e. The number of fused-ring (bicyclic) bond motifs is 1. The van der Waals surface area contributed by atoms with E-state index in [-0.39, 0.29) is 17.3 Å². The first kappa shape index (κ1) is 18.6. The van der Waals surface area contributed by atoms with Gasteiger partial charge in [-0.3, -0.25) is 0 Å². The van der Waals surface area contributed by atoms with Crippen molar-refractivity contribution in [3.63, 3.8) is 0 Å². The fourth-order valence-electron chi connectivity index (χ4n) is 3.52. The molecule has 1 saturated heterocycles. The fraction of sp³-hybridized carbons (Fsp3) is 0.389. The van der Waals surface area contributed by atoms with Crippen molar-refractivity contribution < 1.29 is 23.4 Å². The maximum atomic E-state index is 12.8. The van der Waals surface area contributed by atoms with Crippen molar-refractivity contribution in [2.45, 2.75) is 31.7 Å². The summed E-state index contributed by atoms with van der Waals surface area (Å²) in [5, 5.41) is 31.9. The molecule has 3 N–H and O–H groups in total. The van der Waals surface area contributed by atoms with E-state index in [1.165, 1.54) is 6.07 Å². The minimum absolute atomic E-state index is 0.147. The summed E-state index contributed by atoms with van der Waals surface area (Å²) in [5.74, 6) is -0.530. The molecule has 3 aromatic rings. The molecule has 1 aliphatic heterocycles. The summed E-state index contributed by atoms with van der Waals surface area (Å²) < 4.78 is 40.2. The van der Waals surface area contributed by atoms with Gasteiger partial charge < -0.3 is 20.1 Å². The van der Waals surface area contributed by atoms with Gasteiger partial charge in [0.2, 0.25) is 0 Å². The molecule has 10 heteroatoms. The van der Waals surface area contributed by atoms with E-state index in [4.69, 9.17) is 0 Å². The molecule has 4 rings (SSSR count). The molecule has 0 radical (unpaired) electrons. The maximum absolute atomic E-state index is 12.8. The molecule has 2 atom stereocenters. The van der Waals surface area contributed by atoms with Crippen molar-refractivity contribution in [3.05, 3.63) is 35.7 Å². The lowest BCUT2D eigenvalue weighted by Gasteiger charge is -2.29. The number of alkyl halides is 3. The third kappa shape index (κ3) is 3.08. The van der Waals surface area contributed by atoms with Gasteiger partial charge in [-0.1, -0.05) is 0 Å². The van der Waals surface area contributed by atoms with E-state index in [1.54, 1.807) is 17.8 Å². The van der Waals surface area contributed by atoms with Crippen LogP contribution in [0.2, 0.25) is 0 Å². The Morgan fingerprint density at radius 3 is 2.71 bits per heavy atom. The minimum atomic E-state index is -4.55. The molecule has 1 aliphatic rings. The zero-order valence-electron chi connectivity index (χ0n) is 14.9. The molecule has 0 bridgehead atoms. The second kappa shape index (κ2) is 6.71. The van der Waals surface area contributed by atoms with Crippen molar-refractivity contribution >= 4 is 11.2 Å². The third-order valence-electron chi connectivity index (χ3n) is 5.07. The molecule has 0 saturated carbocycles. The summed E-state index contributed by atoms with van der Waals surface area (Å²) in [6.07, 6.45) is -2.91. The van der Waals surface area contributed by atoms with Gasteiger partial charge in [-0.2, -0.15) is 13.2 Å². The molecule has 148 valence electrons. The summed E-state index contributed by atoms with van der Waals surface area (Å²) in [4.78, 5) is 4.36. The number of piperidine rings is 1. The van der Waals surface area contributed by atoms with Crippen LogP contribution in [0.5, 0.6) is 5.75 Å². The number of nitrogens with one attached hydrogen (secondary N) is 1. The molecule has 0 aliphatic carbocycles. The highest BCUT2D eigenvalue weighted by Gasteiger charge is 2.32. The average Bonchev–Trinajstić information content (AvgIpc) is 3.07. The first-order chi connectivity index (χ1) is 13.3. The van der Waals surface area contributed by atoms with Crippen LogP contribution in [0.1, 0.15) is 23.6 Å². The summed E-state index contributed by atoms with van der Waals surface area (Å²) in [5.41, 5.74) is 1.03. The highest BCUT2D eigenvalue weighted by Crippen LogP contribution is 2.37. The highest BCUT2D eigenvalue weighted by atomic mass is 19.4. The standard InChI is InChI=1S/C18H18F3N5O2/c1-9-15(11-3-2-10(6-14(11)28)18(19,20)21)24-25-17-16(9)23-8-26(17)12-7-22-5-4-13(12)27/h2-3,6,8,12-13,22,27-28H,4-5,7H2,1H3/t12-,13+/m0/s1. The van der Waals surface area contributed by atoms with E-state index in [2.05, 4.69) is 20.5 Å². The van der Waals surface area contributed by atoms with E-state index >= 15 is 0 Å². The Kier molecular flexibility index (Phi) is 4.47. The van der Waals surface area contributed by atoms with Crippen LogP contribution in [-0.2, 0) is 6.18 Å². The van der Waals surface area contributed by atoms with Crippen LogP contribution < -0.4 is 5.32 Å². The van der Waals surface area contributed by atoms with E-state index in [0.29, 0.717) is 35.8 Å². The molecule has 28 heavy (non-hydrogen) atoms. The molecular formula is C18H18F3N5O2. The second-order valence-electron chi connectivity index (χ2n) is 6.85. The lowest BCUT2D eigenvalue weighted by atomic mass is 10.0. The van der Waals surface area contributed by atoms with Gasteiger partial charge in [0.15, 0.2) is 5.65 Å². The number of aromatic nitrogens is 4. The third-order valence-corrected chi connectivity index (χ3v) is 5.07. The molecule has 7 nitrogen and oxygen atoms in total. The van der Waals surface area contributed by atoms with Gasteiger partial charge in [0.25, 0.3) is 0 Å². The Bertz CT molecular complexity index is 1030. The van der Waals surface area contributed by atoms with Crippen molar-refractivity contribution in [3.8, 4) is 17.0 Å². The number of aromatic hydroxyl groups is 1. The normalized spacial score (nSPS) is 20.6. The van der Waals surface area contributed by atoms with Crippen LogP contribution >= 0.6 is 0 Å². The van der Waals surface area contributed by atoms with E-state index in [9.17, 15) is 23.4 Å². The number of aliphatic hydroxyl groups is 1. The van der Waals surface area contributed by atoms with Gasteiger partial charge in [-0.15, -0.1) is 10.2 Å². The summed E-state index contributed by atoms with van der Waals surface area (Å²) >= 11 is 0. The molecule has 3 heterocycles. The zero-order valence-corrected chi connectivity index (χ0v) is 14.9. The lowest BCUT2D eigenvalue weighted by Crippen LogP contribution is -2.41. The van der Waals surface area contributed by atoms with Crippen LogP contribution in [0.25, 0.3) is 22.4 Å². The number of imidazole rings is 1. The molecule has 0 spiro atoms. The van der Waals surface area contributed by atoms with Gasteiger partial charge in [0, 0.05) is 17.7 Å². The zero-order chi connectivity index (χ0) is 20.1. The van der Waals surface area contributed by atoms with E-state index < -0.39 is 23.6 Å². The van der Waals surface area contributed by atoms with Crippen molar-refractivity contribution in [2.75, 3.05) is 13.1 Å². The smallest absolute Gasteiger partial charge is 0.416 e. The monoisotopic (exact) mass is 393 g/mol.